The Bertz CT molecular complexity index is 1250. The first-order valence-corrected chi connectivity index (χ1v) is 10.5. The number of rotatable bonds is 5. The SMILES string of the molecule is O=C(O)c1ccc(CN2CCC(NC(=O)c3cc(=O)c4ccc(F)cc4o3)CC2)c(Cl)c1. The van der Waals surface area contributed by atoms with Gasteiger partial charge in [-0.15, -0.1) is 0 Å². The zero-order chi connectivity index (χ0) is 22.8. The Morgan fingerprint density at radius 3 is 2.59 bits per heavy atom. The number of carbonyl (C=O) groups excluding carboxylic acids is 1. The van der Waals surface area contributed by atoms with Gasteiger partial charge in [-0.25, -0.2) is 9.18 Å². The number of likely N-dealkylation sites (tertiary alicyclic amines) is 1. The summed E-state index contributed by atoms with van der Waals surface area (Å²) in [5, 5.41) is 12.5. The third-order valence-corrected chi connectivity index (χ3v) is 5.88. The summed E-state index contributed by atoms with van der Waals surface area (Å²) in [6, 6.07) is 9.28. The molecule has 166 valence electrons. The molecule has 9 heteroatoms. The predicted molar refractivity (Wildman–Crippen MR) is 117 cm³/mol. The van der Waals surface area contributed by atoms with Crippen molar-refractivity contribution >= 4 is 34.4 Å². The largest absolute Gasteiger partial charge is 0.478 e. The van der Waals surface area contributed by atoms with Crippen molar-refractivity contribution in [3.8, 4) is 0 Å². The first-order valence-electron chi connectivity index (χ1n) is 10.1. The number of carboxylic acid groups (broad SMARTS) is 1. The summed E-state index contributed by atoms with van der Waals surface area (Å²) in [6.45, 7) is 1.98. The van der Waals surface area contributed by atoms with Crippen LogP contribution in [0.3, 0.4) is 0 Å². The lowest BCUT2D eigenvalue weighted by Gasteiger charge is -2.32. The van der Waals surface area contributed by atoms with Gasteiger partial charge in [0.2, 0.25) is 0 Å². The van der Waals surface area contributed by atoms with Crippen molar-refractivity contribution < 1.29 is 23.5 Å². The maximum atomic E-state index is 13.4. The number of piperidine rings is 1. The fourth-order valence-corrected chi connectivity index (χ4v) is 4.02. The Morgan fingerprint density at radius 2 is 1.91 bits per heavy atom. The lowest BCUT2D eigenvalue weighted by Crippen LogP contribution is -2.44. The van der Waals surface area contributed by atoms with Crippen molar-refractivity contribution in [3.63, 3.8) is 0 Å². The number of benzene rings is 2. The molecule has 32 heavy (non-hydrogen) atoms. The standard InChI is InChI=1S/C23H20ClFN2O5/c24-18-9-13(23(30)31)1-2-14(18)12-27-7-5-16(6-8-27)26-22(29)21-11-19(28)17-4-3-15(25)10-20(17)32-21/h1-4,9-11,16H,5-8,12H2,(H,26,29)(H,30,31). The van der Waals surface area contributed by atoms with Crippen LogP contribution in [-0.4, -0.2) is 41.0 Å². The number of fused-ring (bicyclic) bond motifs is 1. The number of aromatic carboxylic acids is 1. The highest BCUT2D eigenvalue weighted by atomic mass is 35.5. The van der Waals surface area contributed by atoms with Gasteiger partial charge in [-0.1, -0.05) is 17.7 Å². The molecule has 1 amide bonds. The van der Waals surface area contributed by atoms with Gasteiger partial charge in [-0.3, -0.25) is 14.5 Å². The number of nitrogens with zero attached hydrogens (tertiary/aromatic N) is 1. The molecule has 0 atom stereocenters. The molecule has 1 aliphatic rings. The van der Waals surface area contributed by atoms with Gasteiger partial charge < -0.3 is 14.8 Å². The van der Waals surface area contributed by atoms with Crippen LogP contribution in [0.2, 0.25) is 5.02 Å². The molecule has 0 spiro atoms. The summed E-state index contributed by atoms with van der Waals surface area (Å²) in [5.74, 6) is -2.24. The highest BCUT2D eigenvalue weighted by Gasteiger charge is 2.23. The molecule has 0 saturated carbocycles. The van der Waals surface area contributed by atoms with Gasteiger partial charge in [0.25, 0.3) is 5.91 Å². The third kappa shape index (κ3) is 4.81. The Balaban J connectivity index is 1.36. The highest BCUT2D eigenvalue weighted by molar-refractivity contribution is 6.31. The molecule has 2 aromatic carbocycles. The van der Waals surface area contributed by atoms with E-state index in [2.05, 4.69) is 10.2 Å². The number of carbonyl (C=O) groups is 2. The molecule has 7 nitrogen and oxygen atoms in total. The van der Waals surface area contributed by atoms with Crippen LogP contribution in [-0.2, 0) is 6.54 Å². The van der Waals surface area contributed by atoms with Gasteiger partial charge in [-0.05, 0) is 42.7 Å². The van der Waals surface area contributed by atoms with Crippen molar-refractivity contribution in [2.24, 2.45) is 0 Å². The minimum atomic E-state index is -1.03. The zero-order valence-electron chi connectivity index (χ0n) is 16.9. The van der Waals surface area contributed by atoms with Gasteiger partial charge in [0.15, 0.2) is 11.2 Å². The number of amides is 1. The molecule has 0 radical (unpaired) electrons. The normalized spacial score (nSPS) is 15.1. The second-order valence-electron chi connectivity index (χ2n) is 7.75. The molecule has 1 saturated heterocycles. The molecule has 1 aliphatic heterocycles. The van der Waals surface area contributed by atoms with E-state index in [1.54, 1.807) is 6.07 Å². The van der Waals surface area contributed by atoms with Crippen molar-refractivity contribution in [1.82, 2.24) is 10.2 Å². The van der Waals surface area contributed by atoms with Gasteiger partial charge >= 0.3 is 5.97 Å². The van der Waals surface area contributed by atoms with Crippen LogP contribution in [0.15, 0.2) is 51.7 Å². The second kappa shape index (κ2) is 9.10. The smallest absolute Gasteiger partial charge is 0.335 e. The second-order valence-corrected chi connectivity index (χ2v) is 8.16. The van der Waals surface area contributed by atoms with Crippen molar-refractivity contribution in [3.05, 3.63) is 80.4 Å². The maximum absolute atomic E-state index is 13.4. The molecule has 4 rings (SSSR count). The molecule has 2 N–H and O–H groups in total. The number of nitrogens with one attached hydrogen (secondary N) is 1. The van der Waals surface area contributed by atoms with E-state index in [-0.39, 0.29) is 28.3 Å². The summed E-state index contributed by atoms with van der Waals surface area (Å²) in [4.78, 5) is 38.0. The summed E-state index contributed by atoms with van der Waals surface area (Å²) in [6.07, 6.45) is 1.37. The average Bonchev–Trinajstić information content (AvgIpc) is 2.75. The van der Waals surface area contributed by atoms with Crippen LogP contribution in [0.4, 0.5) is 4.39 Å². The summed E-state index contributed by atoms with van der Waals surface area (Å²) < 4.78 is 18.9. The highest BCUT2D eigenvalue weighted by Crippen LogP contribution is 2.22. The quantitative estimate of drug-likeness (QED) is 0.605. The van der Waals surface area contributed by atoms with E-state index >= 15 is 0 Å². The summed E-state index contributed by atoms with van der Waals surface area (Å²) >= 11 is 6.22. The van der Waals surface area contributed by atoms with E-state index in [4.69, 9.17) is 21.1 Å². The predicted octanol–water partition coefficient (Wildman–Crippen LogP) is 3.68. The molecule has 2 heterocycles. The Hall–Kier alpha value is -3.23. The molecular weight excluding hydrogens is 439 g/mol. The zero-order valence-corrected chi connectivity index (χ0v) is 17.7. The fourth-order valence-electron chi connectivity index (χ4n) is 3.78. The van der Waals surface area contributed by atoms with E-state index in [0.29, 0.717) is 37.5 Å². The van der Waals surface area contributed by atoms with Crippen LogP contribution in [0, 0.1) is 5.82 Å². The van der Waals surface area contributed by atoms with E-state index in [1.807, 2.05) is 0 Å². The summed E-state index contributed by atoms with van der Waals surface area (Å²) in [5.41, 5.74) is 0.604. The van der Waals surface area contributed by atoms with Crippen molar-refractivity contribution in [1.29, 1.82) is 0 Å². The first-order chi connectivity index (χ1) is 15.3. The van der Waals surface area contributed by atoms with Crippen LogP contribution in [0.1, 0.15) is 39.3 Å². The van der Waals surface area contributed by atoms with Gasteiger partial charge in [-0.2, -0.15) is 0 Å². The maximum Gasteiger partial charge on any atom is 0.335 e. The Labute approximate surface area is 187 Å². The first kappa shape index (κ1) is 22.0. The monoisotopic (exact) mass is 458 g/mol. The van der Waals surface area contributed by atoms with E-state index in [1.165, 1.54) is 24.3 Å². The van der Waals surface area contributed by atoms with Gasteiger partial charge in [0.05, 0.1) is 10.9 Å². The molecule has 1 aromatic heterocycles. The third-order valence-electron chi connectivity index (χ3n) is 5.53. The Kier molecular flexibility index (Phi) is 6.25. The van der Waals surface area contributed by atoms with Crippen LogP contribution in [0.5, 0.6) is 0 Å². The van der Waals surface area contributed by atoms with Crippen LogP contribution < -0.4 is 10.7 Å². The molecule has 1 fully saturated rings. The molecule has 0 bridgehead atoms. The van der Waals surface area contributed by atoms with Gasteiger partial charge in [0, 0.05) is 42.8 Å². The Morgan fingerprint density at radius 1 is 1.16 bits per heavy atom. The molecule has 0 aliphatic carbocycles. The van der Waals surface area contributed by atoms with Crippen LogP contribution in [0.25, 0.3) is 11.0 Å². The number of halogens is 2. The van der Waals surface area contributed by atoms with Gasteiger partial charge in [0.1, 0.15) is 11.4 Å². The van der Waals surface area contributed by atoms with Crippen LogP contribution >= 0.6 is 11.6 Å². The topological polar surface area (TPSA) is 99.9 Å². The van der Waals surface area contributed by atoms with Crippen molar-refractivity contribution in [2.45, 2.75) is 25.4 Å². The average molecular weight is 459 g/mol. The summed E-state index contributed by atoms with van der Waals surface area (Å²) in [7, 11) is 0. The number of hydrogen-bond acceptors (Lipinski definition) is 5. The number of hydrogen-bond donors (Lipinski definition) is 2. The minimum absolute atomic E-state index is 0.0308. The van der Waals surface area contributed by atoms with Crippen molar-refractivity contribution in [2.75, 3.05) is 13.1 Å². The minimum Gasteiger partial charge on any atom is -0.478 e. The molecule has 3 aromatic rings. The van der Waals surface area contributed by atoms with E-state index in [0.717, 1.165) is 17.7 Å². The molecular formula is C23H20ClFN2O5. The fraction of sp³-hybridized carbons (Fsp3) is 0.261. The number of carboxylic acids is 1. The van der Waals surface area contributed by atoms with E-state index in [9.17, 15) is 18.8 Å². The lowest BCUT2D eigenvalue weighted by molar-refractivity contribution is 0.0696. The lowest BCUT2D eigenvalue weighted by atomic mass is 10.0. The molecule has 0 unspecified atom stereocenters. The van der Waals surface area contributed by atoms with E-state index < -0.39 is 23.1 Å².